The second-order valence-corrected chi connectivity index (χ2v) is 6.00. The van der Waals surface area contributed by atoms with Crippen LogP contribution in [0.5, 0.6) is 0 Å². The van der Waals surface area contributed by atoms with Crippen LogP contribution in [-0.2, 0) is 16.1 Å². The Balaban J connectivity index is 0.00000162. The van der Waals surface area contributed by atoms with Crippen molar-refractivity contribution in [2.75, 3.05) is 13.2 Å². The van der Waals surface area contributed by atoms with Gasteiger partial charge in [-0.2, -0.15) is 0 Å². The quantitative estimate of drug-likeness (QED) is 0.872. The fraction of sp³-hybridized carbons (Fsp3) is 0.545. The average Bonchev–Trinajstić information content (AvgIpc) is 2.73. The van der Waals surface area contributed by atoms with Crippen molar-refractivity contribution in [1.82, 2.24) is 5.32 Å². The molecule has 2 heterocycles. The van der Waals surface area contributed by atoms with Crippen LogP contribution in [0.1, 0.15) is 17.7 Å². The van der Waals surface area contributed by atoms with E-state index in [0.29, 0.717) is 32.6 Å². The zero-order valence-electron chi connectivity index (χ0n) is 9.78. The molecule has 3 N–H and O–H groups in total. The van der Waals surface area contributed by atoms with E-state index < -0.39 is 5.54 Å². The molecule has 0 aromatic carbocycles. The van der Waals surface area contributed by atoms with Crippen molar-refractivity contribution >= 4 is 45.6 Å². The average molecular weight is 356 g/mol. The Morgan fingerprint density at radius 2 is 2.22 bits per heavy atom. The Bertz CT molecular complexity index is 408. The highest BCUT2D eigenvalue weighted by atomic mass is 79.9. The molecule has 2 rings (SSSR count). The van der Waals surface area contributed by atoms with E-state index in [2.05, 4.69) is 21.2 Å². The second kappa shape index (κ2) is 6.86. The zero-order valence-corrected chi connectivity index (χ0v) is 13.0. The van der Waals surface area contributed by atoms with E-state index >= 15 is 0 Å². The summed E-state index contributed by atoms with van der Waals surface area (Å²) < 4.78 is 6.25. The summed E-state index contributed by atoms with van der Waals surface area (Å²) in [6, 6.07) is 1.97. The molecule has 0 radical (unpaired) electrons. The molecule has 1 fully saturated rings. The normalized spacial score (nSPS) is 17.9. The summed E-state index contributed by atoms with van der Waals surface area (Å²) in [5.74, 6) is -0.0823. The molecule has 1 aliphatic rings. The number of nitrogens with one attached hydrogen (secondary N) is 1. The molecule has 102 valence electrons. The molecule has 18 heavy (non-hydrogen) atoms. The summed E-state index contributed by atoms with van der Waals surface area (Å²) in [6.45, 7) is 1.65. The maximum Gasteiger partial charge on any atom is 0.240 e. The molecule has 1 aromatic heterocycles. The first-order valence-corrected chi connectivity index (χ1v) is 7.16. The minimum atomic E-state index is -0.762. The van der Waals surface area contributed by atoms with Gasteiger partial charge in [-0.1, -0.05) is 0 Å². The van der Waals surface area contributed by atoms with Crippen molar-refractivity contribution in [2.24, 2.45) is 5.73 Å². The monoisotopic (exact) mass is 354 g/mol. The number of carbonyl (C=O) groups is 1. The van der Waals surface area contributed by atoms with E-state index in [0.717, 1.165) is 9.35 Å². The molecule has 0 spiro atoms. The highest BCUT2D eigenvalue weighted by molar-refractivity contribution is 9.10. The lowest BCUT2D eigenvalue weighted by atomic mass is 9.90. The highest BCUT2D eigenvalue weighted by Crippen LogP contribution is 2.23. The van der Waals surface area contributed by atoms with Crippen LogP contribution in [-0.4, -0.2) is 24.7 Å². The lowest BCUT2D eigenvalue weighted by molar-refractivity contribution is -0.129. The van der Waals surface area contributed by atoms with Crippen LogP contribution in [0.4, 0.5) is 0 Å². The van der Waals surface area contributed by atoms with Gasteiger partial charge in [0.1, 0.15) is 0 Å². The lowest BCUT2D eigenvalue weighted by Gasteiger charge is -2.31. The van der Waals surface area contributed by atoms with Gasteiger partial charge >= 0.3 is 0 Å². The lowest BCUT2D eigenvalue weighted by Crippen LogP contribution is -2.56. The van der Waals surface area contributed by atoms with E-state index in [1.54, 1.807) is 11.3 Å². The summed E-state index contributed by atoms with van der Waals surface area (Å²) in [5.41, 5.74) is 5.32. The number of halogens is 2. The first-order chi connectivity index (χ1) is 8.12. The predicted molar refractivity (Wildman–Crippen MR) is 78.1 cm³/mol. The number of amides is 1. The third kappa shape index (κ3) is 3.68. The van der Waals surface area contributed by atoms with E-state index in [9.17, 15) is 4.79 Å². The van der Waals surface area contributed by atoms with Crippen molar-refractivity contribution in [3.8, 4) is 0 Å². The molecule has 1 aromatic rings. The van der Waals surface area contributed by atoms with Crippen LogP contribution in [0.25, 0.3) is 0 Å². The fourth-order valence-electron chi connectivity index (χ4n) is 1.75. The van der Waals surface area contributed by atoms with Gasteiger partial charge in [0, 0.05) is 22.6 Å². The fourth-order valence-corrected chi connectivity index (χ4v) is 3.18. The van der Waals surface area contributed by atoms with Crippen LogP contribution in [0.2, 0.25) is 0 Å². The first kappa shape index (κ1) is 15.9. The van der Waals surface area contributed by atoms with Gasteiger partial charge < -0.3 is 15.8 Å². The molecule has 4 nitrogen and oxygen atoms in total. The van der Waals surface area contributed by atoms with Gasteiger partial charge in [-0.15, -0.1) is 23.7 Å². The Labute approximate surface area is 125 Å². The van der Waals surface area contributed by atoms with Gasteiger partial charge in [-0.05, 0) is 40.2 Å². The number of hydrogen-bond acceptors (Lipinski definition) is 4. The van der Waals surface area contributed by atoms with Gasteiger partial charge in [0.15, 0.2) is 0 Å². The predicted octanol–water partition coefficient (Wildman–Crippen LogP) is 2.06. The molecular formula is C11H16BrClN2O2S. The van der Waals surface area contributed by atoms with Crippen LogP contribution >= 0.6 is 39.7 Å². The smallest absolute Gasteiger partial charge is 0.240 e. The number of rotatable bonds is 3. The van der Waals surface area contributed by atoms with E-state index in [-0.39, 0.29) is 18.3 Å². The van der Waals surface area contributed by atoms with Crippen molar-refractivity contribution in [1.29, 1.82) is 0 Å². The Morgan fingerprint density at radius 1 is 1.56 bits per heavy atom. The van der Waals surface area contributed by atoms with Gasteiger partial charge in [-0.3, -0.25) is 4.79 Å². The maximum absolute atomic E-state index is 12.0. The van der Waals surface area contributed by atoms with Gasteiger partial charge in [0.25, 0.3) is 0 Å². The van der Waals surface area contributed by atoms with Crippen LogP contribution < -0.4 is 11.1 Å². The summed E-state index contributed by atoms with van der Waals surface area (Å²) in [6.07, 6.45) is 1.18. The molecule has 0 aliphatic carbocycles. The molecular weight excluding hydrogens is 340 g/mol. The summed E-state index contributed by atoms with van der Waals surface area (Å²) in [4.78, 5) is 13.1. The molecule has 1 amide bonds. The summed E-state index contributed by atoms with van der Waals surface area (Å²) in [7, 11) is 0. The second-order valence-electron chi connectivity index (χ2n) is 4.14. The largest absolute Gasteiger partial charge is 0.381 e. The van der Waals surface area contributed by atoms with Gasteiger partial charge in [-0.25, -0.2) is 0 Å². The van der Waals surface area contributed by atoms with E-state index in [4.69, 9.17) is 10.5 Å². The molecule has 1 aliphatic heterocycles. The Kier molecular flexibility index (Phi) is 6.07. The molecule has 7 heteroatoms. The molecule has 0 saturated carbocycles. The number of carbonyl (C=O) groups excluding carboxylic acids is 1. The minimum absolute atomic E-state index is 0. The van der Waals surface area contributed by atoms with Crippen molar-refractivity contribution in [2.45, 2.75) is 24.9 Å². The third-order valence-electron chi connectivity index (χ3n) is 2.94. The molecule has 0 atom stereocenters. The number of thiophene rings is 1. The first-order valence-electron chi connectivity index (χ1n) is 5.49. The SMILES string of the molecule is Cl.NC1(C(=O)NCc2sccc2Br)CCOCC1. The van der Waals surface area contributed by atoms with E-state index in [1.165, 1.54) is 0 Å². The van der Waals surface area contributed by atoms with Crippen molar-refractivity contribution in [3.63, 3.8) is 0 Å². The minimum Gasteiger partial charge on any atom is -0.381 e. The highest BCUT2D eigenvalue weighted by Gasteiger charge is 2.35. The van der Waals surface area contributed by atoms with Crippen molar-refractivity contribution < 1.29 is 9.53 Å². The van der Waals surface area contributed by atoms with Crippen LogP contribution in [0.15, 0.2) is 15.9 Å². The third-order valence-corrected chi connectivity index (χ3v) is 4.86. The van der Waals surface area contributed by atoms with Crippen LogP contribution in [0.3, 0.4) is 0 Å². The van der Waals surface area contributed by atoms with Gasteiger partial charge in [0.05, 0.1) is 12.1 Å². The zero-order chi connectivity index (χ0) is 12.3. The number of nitrogens with two attached hydrogens (primary N) is 1. The topological polar surface area (TPSA) is 64.4 Å². The number of ether oxygens (including phenoxy) is 1. The Hall–Kier alpha value is -0.140. The van der Waals surface area contributed by atoms with Crippen LogP contribution in [0, 0.1) is 0 Å². The number of hydrogen-bond donors (Lipinski definition) is 2. The summed E-state index contributed by atoms with van der Waals surface area (Å²) in [5, 5.41) is 4.88. The maximum atomic E-state index is 12.0. The van der Waals surface area contributed by atoms with E-state index in [1.807, 2.05) is 11.4 Å². The molecule has 0 unspecified atom stereocenters. The standard InChI is InChI=1S/C11H15BrN2O2S.ClH/c12-8-1-6-17-9(8)7-14-10(15)11(13)2-4-16-5-3-11;/h1,6H,2-5,7,13H2,(H,14,15);1H. The molecule has 1 saturated heterocycles. The van der Waals surface area contributed by atoms with Gasteiger partial charge in [0.2, 0.25) is 5.91 Å². The van der Waals surface area contributed by atoms with Crippen molar-refractivity contribution in [3.05, 3.63) is 20.8 Å². The molecule has 0 bridgehead atoms. The Morgan fingerprint density at radius 3 is 2.78 bits per heavy atom. The summed E-state index contributed by atoms with van der Waals surface area (Å²) >= 11 is 5.04.